The number of fused-ring (bicyclic) bond motifs is 1. The monoisotopic (exact) mass is 306 g/mol. The summed E-state index contributed by atoms with van der Waals surface area (Å²) in [6, 6.07) is 16.5. The average Bonchev–Trinajstić information content (AvgIpc) is 2.86. The fourth-order valence-electron chi connectivity index (χ4n) is 3.05. The lowest BCUT2D eigenvalue weighted by Gasteiger charge is -2.10. The Morgan fingerprint density at radius 1 is 1.13 bits per heavy atom. The Morgan fingerprint density at radius 2 is 1.91 bits per heavy atom. The van der Waals surface area contributed by atoms with Crippen molar-refractivity contribution in [3.05, 3.63) is 72.4 Å². The fourth-order valence-corrected chi connectivity index (χ4v) is 3.05. The van der Waals surface area contributed by atoms with Crippen LogP contribution in [0.5, 0.6) is 5.75 Å². The van der Waals surface area contributed by atoms with Gasteiger partial charge in [0.15, 0.2) is 0 Å². The van der Waals surface area contributed by atoms with Gasteiger partial charge in [0, 0.05) is 12.2 Å². The summed E-state index contributed by atoms with van der Waals surface area (Å²) in [5.74, 6) is 0.821. The van der Waals surface area contributed by atoms with Crippen LogP contribution in [0.2, 0.25) is 0 Å². The standard InChI is InChI=1S/C20H22N2O/c1-3-13-23-18-12-8-11-17-19(18)20(21)16(4-2)22(17)14-15-9-6-5-7-10-15/h3,5-12H,1,4,13-14,21H2,2H3. The van der Waals surface area contributed by atoms with Crippen LogP contribution in [0.25, 0.3) is 10.9 Å². The maximum atomic E-state index is 6.45. The van der Waals surface area contributed by atoms with Gasteiger partial charge < -0.3 is 15.0 Å². The van der Waals surface area contributed by atoms with Crippen LogP contribution in [0.15, 0.2) is 61.2 Å². The molecule has 0 unspecified atom stereocenters. The van der Waals surface area contributed by atoms with Gasteiger partial charge in [-0.1, -0.05) is 56.0 Å². The molecular formula is C20H22N2O. The van der Waals surface area contributed by atoms with Gasteiger partial charge in [-0.25, -0.2) is 0 Å². The number of hydrogen-bond donors (Lipinski definition) is 1. The molecule has 23 heavy (non-hydrogen) atoms. The fraction of sp³-hybridized carbons (Fsp3) is 0.200. The number of benzene rings is 2. The Hall–Kier alpha value is -2.68. The van der Waals surface area contributed by atoms with E-state index >= 15 is 0 Å². The minimum atomic E-state index is 0.476. The van der Waals surface area contributed by atoms with Crippen molar-refractivity contribution in [2.24, 2.45) is 0 Å². The second kappa shape index (κ2) is 6.61. The third-order valence-electron chi connectivity index (χ3n) is 4.08. The molecule has 0 aliphatic carbocycles. The zero-order valence-corrected chi connectivity index (χ0v) is 13.5. The smallest absolute Gasteiger partial charge is 0.131 e. The van der Waals surface area contributed by atoms with Crippen molar-refractivity contribution in [1.82, 2.24) is 4.57 Å². The number of hydrogen-bond acceptors (Lipinski definition) is 2. The summed E-state index contributed by atoms with van der Waals surface area (Å²) in [7, 11) is 0. The van der Waals surface area contributed by atoms with E-state index in [2.05, 4.69) is 48.4 Å². The van der Waals surface area contributed by atoms with Gasteiger partial charge in [0.1, 0.15) is 12.4 Å². The van der Waals surface area contributed by atoms with Crippen LogP contribution in [0.3, 0.4) is 0 Å². The third-order valence-corrected chi connectivity index (χ3v) is 4.08. The number of rotatable bonds is 6. The topological polar surface area (TPSA) is 40.2 Å². The molecule has 2 aromatic carbocycles. The zero-order chi connectivity index (χ0) is 16.2. The molecule has 118 valence electrons. The van der Waals surface area contributed by atoms with Gasteiger partial charge in [-0.2, -0.15) is 0 Å². The van der Waals surface area contributed by atoms with E-state index in [1.54, 1.807) is 6.08 Å². The minimum absolute atomic E-state index is 0.476. The molecule has 0 saturated heterocycles. The normalized spacial score (nSPS) is 10.8. The predicted molar refractivity (Wildman–Crippen MR) is 97.0 cm³/mol. The van der Waals surface area contributed by atoms with Gasteiger partial charge in [-0.3, -0.25) is 0 Å². The molecule has 0 radical (unpaired) electrons. The van der Waals surface area contributed by atoms with E-state index in [9.17, 15) is 0 Å². The summed E-state index contributed by atoms with van der Waals surface area (Å²) < 4.78 is 8.09. The van der Waals surface area contributed by atoms with E-state index in [4.69, 9.17) is 10.5 Å². The molecule has 0 aliphatic heterocycles. The van der Waals surface area contributed by atoms with Gasteiger partial charge in [0.2, 0.25) is 0 Å². The maximum absolute atomic E-state index is 6.45. The predicted octanol–water partition coefficient (Wildman–Crippen LogP) is 4.40. The number of aromatic nitrogens is 1. The quantitative estimate of drug-likeness (QED) is 0.686. The first-order valence-corrected chi connectivity index (χ1v) is 7.93. The number of nitrogens with zero attached hydrogens (tertiary/aromatic N) is 1. The summed E-state index contributed by atoms with van der Waals surface area (Å²) in [5, 5.41) is 1.00. The van der Waals surface area contributed by atoms with E-state index in [0.29, 0.717) is 6.61 Å². The van der Waals surface area contributed by atoms with E-state index in [1.165, 1.54) is 5.56 Å². The van der Waals surface area contributed by atoms with Crippen LogP contribution < -0.4 is 10.5 Å². The van der Waals surface area contributed by atoms with Crippen molar-refractivity contribution in [1.29, 1.82) is 0 Å². The zero-order valence-electron chi connectivity index (χ0n) is 13.5. The van der Waals surface area contributed by atoms with Crippen molar-refractivity contribution in [3.63, 3.8) is 0 Å². The Labute approximate surface area is 137 Å². The molecule has 1 heterocycles. The van der Waals surface area contributed by atoms with Crippen LogP contribution in [-0.4, -0.2) is 11.2 Å². The van der Waals surface area contributed by atoms with Crippen LogP contribution in [0.1, 0.15) is 18.2 Å². The molecule has 3 rings (SSSR count). The molecule has 0 amide bonds. The van der Waals surface area contributed by atoms with E-state index < -0.39 is 0 Å². The Morgan fingerprint density at radius 3 is 2.61 bits per heavy atom. The van der Waals surface area contributed by atoms with Gasteiger partial charge in [-0.15, -0.1) is 0 Å². The maximum Gasteiger partial charge on any atom is 0.131 e. The highest BCUT2D eigenvalue weighted by atomic mass is 16.5. The van der Waals surface area contributed by atoms with Gasteiger partial charge in [-0.05, 0) is 24.1 Å². The molecule has 0 atom stereocenters. The van der Waals surface area contributed by atoms with Crippen molar-refractivity contribution in [2.45, 2.75) is 19.9 Å². The second-order valence-corrected chi connectivity index (χ2v) is 5.54. The summed E-state index contributed by atoms with van der Waals surface area (Å²) in [6.07, 6.45) is 2.63. The first-order valence-electron chi connectivity index (χ1n) is 7.93. The lowest BCUT2D eigenvalue weighted by atomic mass is 10.2. The molecule has 2 N–H and O–H groups in total. The largest absolute Gasteiger partial charge is 0.489 e. The van der Waals surface area contributed by atoms with Crippen molar-refractivity contribution < 1.29 is 4.74 Å². The van der Waals surface area contributed by atoms with Crippen molar-refractivity contribution in [2.75, 3.05) is 12.3 Å². The van der Waals surface area contributed by atoms with Gasteiger partial charge in [0.05, 0.1) is 16.6 Å². The van der Waals surface area contributed by atoms with Crippen LogP contribution in [0.4, 0.5) is 5.69 Å². The second-order valence-electron chi connectivity index (χ2n) is 5.54. The molecule has 3 heteroatoms. The number of nitrogens with two attached hydrogens (primary N) is 1. The van der Waals surface area contributed by atoms with E-state index in [0.717, 1.165) is 41.0 Å². The van der Waals surface area contributed by atoms with Crippen LogP contribution >= 0.6 is 0 Å². The molecule has 1 aromatic heterocycles. The van der Waals surface area contributed by atoms with Gasteiger partial charge in [0.25, 0.3) is 0 Å². The Kier molecular flexibility index (Phi) is 4.38. The Balaban J connectivity index is 2.15. The highest BCUT2D eigenvalue weighted by Crippen LogP contribution is 2.36. The summed E-state index contributed by atoms with van der Waals surface area (Å²) >= 11 is 0. The lowest BCUT2D eigenvalue weighted by molar-refractivity contribution is 0.368. The summed E-state index contributed by atoms with van der Waals surface area (Å²) in [4.78, 5) is 0. The molecule has 3 nitrogen and oxygen atoms in total. The van der Waals surface area contributed by atoms with E-state index in [1.807, 2.05) is 18.2 Å². The SMILES string of the molecule is C=CCOc1cccc2c1c(N)c(CC)n2Cc1ccccc1. The average molecular weight is 306 g/mol. The van der Waals surface area contributed by atoms with Crippen molar-refractivity contribution in [3.8, 4) is 5.75 Å². The van der Waals surface area contributed by atoms with Gasteiger partial charge >= 0.3 is 0 Å². The molecule has 0 aliphatic rings. The molecule has 0 spiro atoms. The molecule has 3 aromatic rings. The summed E-state index contributed by atoms with van der Waals surface area (Å²) in [5.41, 5.74) is 10.8. The molecule has 0 bridgehead atoms. The number of ether oxygens (including phenoxy) is 1. The molecular weight excluding hydrogens is 284 g/mol. The minimum Gasteiger partial charge on any atom is -0.489 e. The van der Waals surface area contributed by atoms with E-state index in [-0.39, 0.29) is 0 Å². The number of nitrogen functional groups attached to an aromatic ring is 1. The van der Waals surface area contributed by atoms with Crippen LogP contribution in [0, 0.1) is 0 Å². The highest BCUT2D eigenvalue weighted by molar-refractivity contribution is 5.99. The first kappa shape index (κ1) is 15.2. The summed E-state index contributed by atoms with van der Waals surface area (Å²) in [6.45, 7) is 7.13. The first-order chi connectivity index (χ1) is 11.3. The highest BCUT2D eigenvalue weighted by Gasteiger charge is 2.17. The molecule has 0 fully saturated rings. The molecule has 0 saturated carbocycles. The lowest BCUT2D eigenvalue weighted by Crippen LogP contribution is -2.04. The third kappa shape index (κ3) is 2.82. The van der Waals surface area contributed by atoms with Crippen LogP contribution in [-0.2, 0) is 13.0 Å². The van der Waals surface area contributed by atoms with Crippen molar-refractivity contribution >= 4 is 16.6 Å². The number of anilines is 1. The Bertz CT molecular complexity index is 819.